The zero-order chi connectivity index (χ0) is 18.4. The number of hydrogen-bond donors (Lipinski definition) is 2. The second-order valence-corrected chi connectivity index (χ2v) is 6.38. The molecule has 3 aromatic carbocycles. The third-order valence-electron chi connectivity index (χ3n) is 4.64. The molecule has 0 radical (unpaired) electrons. The first-order chi connectivity index (χ1) is 12.7. The second-order valence-electron chi connectivity index (χ2n) is 6.38. The van der Waals surface area contributed by atoms with Gasteiger partial charge in [-0.3, -0.25) is 0 Å². The highest BCUT2D eigenvalue weighted by atomic mass is 16.5. The Bertz CT molecular complexity index is 836. The van der Waals surface area contributed by atoms with Crippen LogP contribution in [0, 0.1) is 0 Å². The van der Waals surface area contributed by atoms with E-state index >= 15 is 0 Å². The lowest BCUT2D eigenvalue weighted by atomic mass is 9.98. The molecular weight excluding hydrogens is 324 g/mol. The van der Waals surface area contributed by atoms with Crippen LogP contribution in [0.2, 0.25) is 0 Å². The van der Waals surface area contributed by atoms with Gasteiger partial charge in [-0.2, -0.15) is 0 Å². The van der Waals surface area contributed by atoms with E-state index in [0.717, 1.165) is 23.5 Å². The monoisotopic (exact) mass is 350 g/mol. The van der Waals surface area contributed by atoms with Crippen molar-refractivity contribution in [3.63, 3.8) is 0 Å². The summed E-state index contributed by atoms with van der Waals surface area (Å²) < 4.78 is 10.7. The molecule has 4 nitrogen and oxygen atoms in total. The molecule has 0 saturated carbocycles. The predicted molar refractivity (Wildman–Crippen MR) is 107 cm³/mol. The van der Waals surface area contributed by atoms with Gasteiger partial charge in [0.15, 0.2) is 0 Å². The molecule has 0 fully saturated rings. The van der Waals surface area contributed by atoms with E-state index in [1.807, 2.05) is 18.2 Å². The number of nitrogens with one attached hydrogen (secondary N) is 1. The summed E-state index contributed by atoms with van der Waals surface area (Å²) >= 11 is 0. The molecule has 136 valence electrons. The molecule has 3 N–H and O–H groups in total. The average molecular weight is 350 g/mol. The van der Waals surface area contributed by atoms with Crippen LogP contribution in [0.4, 0.5) is 0 Å². The maximum Gasteiger partial charge on any atom is 0.122 e. The summed E-state index contributed by atoms with van der Waals surface area (Å²) in [5.41, 5.74) is 8.45. The molecule has 0 heterocycles. The second kappa shape index (κ2) is 8.70. The van der Waals surface area contributed by atoms with E-state index in [1.165, 1.54) is 16.3 Å². The van der Waals surface area contributed by atoms with Crippen molar-refractivity contribution >= 4 is 10.8 Å². The third-order valence-corrected chi connectivity index (χ3v) is 4.64. The average Bonchev–Trinajstić information content (AvgIpc) is 2.70. The topological polar surface area (TPSA) is 56.5 Å². The Morgan fingerprint density at radius 3 is 2.31 bits per heavy atom. The number of rotatable bonds is 8. The fourth-order valence-corrected chi connectivity index (χ4v) is 3.21. The Labute approximate surface area is 154 Å². The minimum atomic E-state index is 0.193. The highest BCUT2D eigenvalue weighted by Gasteiger charge is 2.10. The number of fused-ring (bicyclic) bond motifs is 1. The van der Waals surface area contributed by atoms with Gasteiger partial charge in [0, 0.05) is 25.2 Å². The Kier molecular flexibility index (Phi) is 6.10. The fourth-order valence-electron chi connectivity index (χ4n) is 3.21. The standard InChI is InChI=1S/C22H26N2O2/c1-25-20-10-16(11-21(13-20)26-2)15-24-19(14-23)12-18-8-5-7-17-6-3-4-9-22(17)18/h3-11,13,19,24H,12,14-15,23H2,1-2H3. The van der Waals surface area contributed by atoms with Crippen molar-refractivity contribution in [2.75, 3.05) is 20.8 Å². The Balaban J connectivity index is 1.72. The number of hydrogen-bond acceptors (Lipinski definition) is 4. The first-order valence-electron chi connectivity index (χ1n) is 8.85. The summed E-state index contributed by atoms with van der Waals surface area (Å²) in [6.45, 7) is 1.28. The Morgan fingerprint density at radius 2 is 1.62 bits per heavy atom. The molecule has 0 bridgehead atoms. The molecule has 4 heteroatoms. The Morgan fingerprint density at radius 1 is 0.923 bits per heavy atom. The van der Waals surface area contributed by atoms with Crippen LogP contribution in [0.15, 0.2) is 60.7 Å². The van der Waals surface area contributed by atoms with Crippen molar-refractivity contribution in [1.29, 1.82) is 0 Å². The summed E-state index contributed by atoms with van der Waals surface area (Å²) in [6.07, 6.45) is 0.888. The lowest BCUT2D eigenvalue weighted by molar-refractivity contribution is 0.392. The minimum Gasteiger partial charge on any atom is -0.497 e. The molecule has 1 unspecified atom stereocenters. The fraction of sp³-hybridized carbons (Fsp3) is 0.273. The van der Waals surface area contributed by atoms with E-state index in [1.54, 1.807) is 14.2 Å². The van der Waals surface area contributed by atoms with Crippen molar-refractivity contribution in [3.8, 4) is 11.5 Å². The summed E-state index contributed by atoms with van der Waals surface area (Å²) in [5.74, 6) is 1.58. The first-order valence-corrected chi connectivity index (χ1v) is 8.85. The largest absolute Gasteiger partial charge is 0.497 e. The molecule has 0 amide bonds. The number of benzene rings is 3. The quantitative estimate of drug-likeness (QED) is 0.653. The van der Waals surface area contributed by atoms with Crippen LogP contribution in [0.3, 0.4) is 0 Å². The van der Waals surface area contributed by atoms with Gasteiger partial charge in [-0.05, 0) is 40.5 Å². The highest BCUT2D eigenvalue weighted by Crippen LogP contribution is 2.23. The van der Waals surface area contributed by atoms with Crippen LogP contribution in [0.1, 0.15) is 11.1 Å². The number of methoxy groups -OCH3 is 2. The zero-order valence-electron chi connectivity index (χ0n) is 15.4. The van der Waals surface area contributed by atoms with Crippen molar-refractivity contribution in [2.45, 2.75) is 19.0 Å². The van der Waals surface area contributed by atoms with Crippen LogP contribution in [0.5, 0.6) is 11.5 Å². The summed E-state index contributed by atoms with van der Waals surface area (Å²) in [4.78, 5) is 0. The first kappa shape index (κ1) is 18.2. The highest BCUT2D eigenvalue weighted by molar-refractivity contribution is 5.85. The Hall–Kier alpha value is -2.56. The molecule has 0 aliphatic rings. The van der Waals surface area contributed by atoms with Gasteiger partial charge in [-0.15, -0.1) is 0 Å². The maximum absolute atomic E-state index is 6.03. The lowest BCUT2D eigenvalue weighted by Crippen LogP contribution is -2.37. The van der Waals surface area contributed by atoms with Gasteiger partial charge in [0.1, 0.15) is 11.5 Å². The molecule has 0 aliphatic heterocycles. The predicted octanol–water partition coefficient (Wildman–Crippen LogP) is 3.52. The van der Waals surface area contributed by atoms with E-state index < -0.39 is 0 Å². The van der Waals surface area contributed by atoms with Crippen LogP contribution >= 0.6 is 0 Å². The molecule has 3 aromatic rings. The molecule has 3 rings (SSSR count). The summed E-state index contributed by atoms with van der Waals surface area (Å²) in [5, 5.41) is 6.12. The molecule has 26 heavy (non-hydrogen) atoms. The van der Waals surface area contributed by atoms with Crippen molar-refractivity contribution < 1.29 is 9.47 Å². The molecule has 0 spiro atoms. The third kappa shape index (κ3) is 4.34. The van der Waals surface area contributed by atoms with E-state index in [4.69, 9.17) is 15.2 Å². The van der Waals surface area contributed by atoms with Crippen molar-refractivity contribution in [2.24, 2.45) is 5.73 Å². The SMILES string of the molecule is COc1cc(CNC(CN)Cc2cccc3ccccc23)cc(OC)c1. The van der Waals surface area contributed by atoms with Gasteiger partial charge in [-0.1, -0.05) is 42.5 Å². The number of ether oxygens (including phenoxy) is 2. The van der Waals surface area contributed by atoms with Crippen molar-refractivity contribution in [3.05, 3.63) is 71.8 Å². The van der Waals surface area contributed by atoms with Gasteiger partial charge in [0.05, 0.1) is 14.2 Å². The van der Waals surface area contributed by atoms with Gasteiger partial charge >= 0.3 is 0 Å². The van der Waals surface area contributed by atoms with E-state index in [2.05, 4.69) is 47.8 Å². The lowest BCUT2D eigenvalue weighted by Gasteiger charge is -2.19. The van der Waals surface area contributed by atoms with Crippen molar-refractivity contribution in [1.82, 2.24) is 5.32 Å². The van der Waals surface area contributed by atoms with Gasteiger partial charge in [-0.25, -0.2) is 0 Å². The van der Waals surface area contributed by atoms with E-state index in [0.29, 0.717) is 13.1 Å². The van der Waals surface area contributed by atoms with Crippen LogP contribution in [0.25, 0.3) is 10.8 Å². The van der Waals surface area contributed by atoms with Crippen LogP contribution < -0.4 is 20.5 Å². The maximum atomic E-state index is 6.03. The zero-order valence-corrected chi connectivity index (χ0v) is 15.4. The van der Waals surface area contributed by atoms with E-state index in [9.17, 15) is 0 Å². The number of nitrogens with two attached hydrogens (primary N) is 1. The smallest absolute Gasteiger partial charge is 0.122 e. The summed E-state index contributed by atoms with van der Waals surface area (Å²) in [6, 6.07) is 21.0. The molecular formula is C22H26N2O2. The normalized spacial score (nSPS) is 12.1. The van der Waals surface area contributed by atoms with Crippen LogP contribution in [-0.4, -0.2) is 26.8 Å². The van der Waals surface area contributed by atoms with Gasteiger partial charge < -0.3 is 20.5 Å². The summed E-state index contributed by atoms with van der Waals surface area (Å²) in [7, 11) is 3.32. The molecule has 0 saturated heterocycles. The van der Waals surface area contributed by atoms with Gasteiger partial charge in [0.2, 0.25) is 0 Å². The van der Waals surface area contributed by atoms with E-state index in [-0.39, 0.29) is 6.04 Å². The minimum absolute atomic E-state index is 0.193. The molecule has 0 aliphatic carbocycles. The van der Waals surface area contributed by atoms with Gasteiger partial charge in [0.25, 0.3) is 0 Å². The van der Waals surface area contributed by atoms with Crippen LogP contribution in [-0.2, 0) is 13.0 Å². The molecule has 1 atom stereocenters. The molecule has 0 aromatic heterocycles.